The van der Waals surface area contributed by atoms with Crippen molar-refractivity contribution in [2.45, 2.75) is 0 Å². The van der Waals surface area contributed by atoms with E-state index in [-0.39, 0.29) is 11.1 Å². The molecular weight excluding hydrogens is 414 g/mol. The SMILES string of the molecule is O=C1S/C(=C2\SC(c3ccccc3)=NN2c2ccccc2)C(=O)N1c1ccccc1. The lowest BCUT2D eigenvalue weighted by Gasteiger charge is -2.16. The summed E-state index contributed by atoms with van der Waals surface area (Å²) in [5.41, 5.74) is 2.35. The van der Waals surface area contributed by atoms with Gasteiger partial charge in [0.05, 0.1) is 11.4 Å². The van der Waals surface area contributed by atoms with Gasteiger partial charge in [-0.05, 0) is 47.8 Å². The number of imide groups is 1. The smallest absolute Gasteiger partial charge is 0.267 e. The van der Waals surface area contributed by atoms with Gasteiger partial charge in [0.1, 0.15) is 15.0 Å². The van der Waals surface area contributed by atoms with E-state index >= 15 is 0 Å². The normalized spacial score (nSPS) is 18.9. The van der Waals surface area contributed by atoms with Crippen molar-refractivity contribution in [2.75, 3.05) is 9.91 Å². The third-order valence-corrected chi connectivity index (χ3v) is 6.72. The molecule has 3 aromatic rings. The van der Waals surface area contributed by atoms with Crippen molar-refractivity contribution in [1.82, 2.24) is 0 Å². The predicted molar refractivity (Wildman–Crippen MR) is 123 cm³/mol. The highest BCUT2D eigenvalue weighted by atomic mass is 32.2. The van der Waals surface area contributed by atoms with Crippen LogP contribution in [0.4, 0.5) is 16.2 Å². The zero-order valence-corrected chi connectivity index (χ0v) is 17.3. The van der Waals surface area contributed by atoms with E-state index in [0.29, 0.717) is 15.6 Å². The monoisotopic (exact) mass is 429 g/mol. The minimum atomic E-state index is -0.329. The maximum atomic E-state index is 13.3. The fraction of sp³-hybridized carbons (Fsp3) is 0. The van der Waals surface area contributed by atoms with Crippen molar-refractivity contribution in [3.63, 3.8) is 0 Å². The molecule has 0 unspecified atom stereocenters. The minimum Gasteiger partial charge on any atom is -0.267 e. The van der Waals surface area contributed by atoms with Gasteiger partial charge in [-0.2, -0.15) is 5.10 Å². The van der Waals surface area contributed by atoms with Crippen LogP contribution in [0.1, 0.15) is 5.56 Å². The minimum absolute atomic E-state index is 0.310. The largest absolute Gasteiger partial charge is 0.298 e. The van der Waals surface area contributed by atoms with E-state index in [2.05, 4.69) is 0 Å². The number of thioether (sulfide) groups is 2. The molecule has 0 atom stereocenters. The molecule has 30 heavy (non-hydrogen) atoms. The molecule has 0 radical (unpaired) electrons. The summed E-state index contributed by atoms with van der Waals surface area (Å²) in [6.45, 7) is 0. The Balaban J connectivity index is 1.59. The number of carbonyl (C=O) groups is 2. The van der Waals surface area contributed by atoms with E-state index in [0.717, 1.165) is 28.1 Å². The van der Waals surface area contributed by atoms with Crippen LogP contribution in [-0.4, -0.2) is 16.2 Å². The van der Waals surface area contributed by atoms with E-state index in [1.807, 2.05) is 78.9 Å². The van der Waals surface area contributed by atoms with E-state index in [1.165, 1.54) is 16.7 Å². The first-order chi connectivity index (χ1) is 14.7. The van der Waals surface area contributed by atoms with Gasteiger partial charge >= 0.3 is 0 Å². The Bertz CT molecular complexity index is 1180. The maximum absolute atomic E-state index is 13.3. The van der Waals surface area contributed by atoms with Gasteiger partial charge in [-0.3, -0.25) is 9.59 Å². The number of nitrogens with zero attached hydrogens (tertiary/aromatic N) is 3. The van der Waals surface area contributed by atoms with Gasteiger partial charge in [-0.25, -0.2) is 9.91 Å². The number of carbonyl (C=O) groups excluding carboxylic acids is 2. The maximum Gasteiger partial charge on any atom is 0.298 e. The third-order valence-electron chi connectivity index (χ3n) is 4.58. The van der Waals surface area contributed by atoms with Gasteiger partial charge in [0.2, 0.25) is 0 Å². The second-order valence-electron chi connectivity index (χ2n) is 6.50. The van der Waals surface area contributed by atoms with Crippen LogP contribution in [0.15, 0.2) is 106 Å². The molecule has 1 fully saturated rings. The van der Waals surface area contributed by atoms with Crippen molar-refractivity contribution in [3.05, 3.63) is 106 Å². The predicted octanol–water partition coefficient (Wildman–Crippen LogP) is 5.67. The molecule has 146 valence electrons. The van der Waals surface area contributed by atoms with Crippen molar-refractivity contribution < 1.29 is 9.59 Å². The third kappa shape index (κ3) is 3.32. The molecule has 3 aromatic carbocycles. The molecule has 2 heterocycles. The topological polar surface area (TPSA) is 53.0 Å². The zero-order chi connectivity index (χ0) is 20.5. The number of rotatable bonds is 3. The van der Waals surface area contributed by atoms with E-state index < -0.39 is 0 Å². The lowest BCUT2D eigenvalue weighted by atomic mass is 10.2. The Kier molecular flexibility index (Phi) is 4.90. The summed E-state index contributed by atoms with van der Waals surface area (Å²) in [7, 11) is 0. The number of benzene rings is 3. The Labute approximate surface area is 182 Å². The first-order valence-corrected chi connectivity index (χ1v) is 10.9. The second kappa shape index (κ2) is 7.85. The lowest BCUT2D eigenvalue weighted by Crippen LogP contribution is -2.28. The van der Waals surface area contributed by atoms with Gasteiger partial charge in [0, 0.05) is 5.56 Å². The molecule has 0 aliphatic carbocycles. The quantitative estimate of drug-likeness (QED) is 0.502. The molecule has 2 aliphatic heterocycles. The van der Waals surface area contributed by atoms with Gasteiger partial charge < -0.3 is 0 Å². The molecule has 0 N–H and O–H groups in total. The summed E-state index contributed by atoms with van der Waals surface area (Å²) in [5, 5.41) is 7.63. The van der Waals surface area contributed by atoms with Crippen LogP contribution < -0.4 is 9.91 Å². The molecule has 0 spiro atoms. The first-order valence-electron chi connectivity index (χ1n) is 9.25. The van der Waals surface area contributed by atoms with Gasteiger partial charge in [-0.15, -0.1) is 0 Å². The Hall–Kier alpha value is -3.29. The number of hydrogen-bond donors (Lipinski definition) is 0. The molecule has 1 saturated heterocycles. The highest BCUT2D eigenvalue weighted by Gasteiger charge is 2.41. The summed E-state index contributed by atoms with van der Waals surface area (Å²) in [6, 6.07) is 28.4. The summed E-state index contributed by atoms with van der Waals surface area (Å²) >= 11 is 2.35. The average Bonchev–Trinajstić information content (AvgIpc) is 3.36. The number of hydrogen-bond acceptors (Lipinski definition) is 6. The van der Waals surface area contributed by atoms with E-state index in [4.69, 9.17) is 5.10 Å². The average molecular weight is 430 g/mol. The summed E-state index contributed by atoms with van der Waals surface area (Å²) < 4.78 is 0. The first kappa shape index (κ1) is 18.7. The van der Waals surface area contributed by atoms with Gasteiger partial charge in [0.25, 0.3) is 11.1 Å². The van der Waals surface area contributed by atoms with Crippen LogP contribution in [0.3, 0.4) is 0 Å². The fourth-order valence-corrected chi connectivity index (χ4v) is 5.20. The number of anilines is 2. The Morgan fingerprint density at radius 3 is 1.87 bits per heavy atom. The number of amides is 2. The van der Waals surface area contributed by atoms with E-state index in [1.54, 1.807) is 17.1 Å². The summed E-state index contributed by atoms with van der Waals surface area (Å²) in [5.74, 6) is -0.329. The van der Waals surface area contributed by atoms with Crippen molar-refractivity contribution >= 4 is 51.1 Å². The summed E-state index contributed by atoms with van der Waals surface area (Å²) in [4.78, 5) is 27.6. The molecule has 7 heteroatoms. The van der Waals surface area contributed by atoms with Gasteiger partial charge in [-0.1, -0.05) is 66.7 Å². The lowest BCUT2D eigenvalue weighted by molar-refractivity contribution is -0.113. The standard InChI is InChI=1S/C23H15N3O2S2/c27-21-19(29-23(28)25(21)17-12-6-2-7-13-17)22-26(18-14-8-3-9-15-18)24-20(30-22)16-10-4-1-5-11-16/h1-15H/b22-19-. The van der Waals surface area contributed by atoms with Crippen LogP contribution >= 0.6 is 23.5 Å². The molecule has 0 bridgehead atoms. The zero-order valence-electron chi connectivity index (χ0n) is 15.6. The number of hydrazone groups is 1. The Morgan fingerprint density at radius 2 is 1.23 bits per heavy atom. The van der Waals surface area contributed by atoms with Crippen LogP contribution in [0.2, 0.25) is 0 Å². The van der Waals surface area contributed by atoms with Crippen LogP contribution in [0, 0.1) is 0 Å². The molecule has 0 aromatic heterocycles. The Morgan fingerprint density at radius 1 is 0.667 bits per heavy atom. The second-order valence-corrected chi connectivity index (χ2v) is 8.44. The molecule has 5 rings (SSSR count). The van der Waals surface area contributed by atoms with Crippen molar-refractivity contribution in [1.29, 1.82) is 0 Å². The van der Waals surface area contributed by atoms with Crippen LogP contribution in [0.25, 0.3) is 0 Å². The molecule has 2 aliphatic rings. The highest BCUT2D eigenvalue weighted by Crippen LogP contribution is 2.45. The molecular formula is C23H15N3O2S2. The summed E-state index contributed by atoms with van der Waals surface area (Å²) in [6.07, 6.45) is 0. The van der Waals surface area contributed by atoms with Crippen LogP contribution in [-0.2, 0) is 4.79 Å². The molecule has 2 amide bonds. The molecule has 0 saturated carbocycles. The molecule has 5 nitrogen and oxygen atoms in total. The van der Waals surface area contributed by atoms with E-state index in [9.17, 15) is 9.59 Å². The van der Waals surface area contributed by atoms with Crippen LogP contribution in [0.5, 0.6) is 0 Å². The van der Waals surface area contributed by atoms with Crippen molar-refractivity contribution in [3.8, 4) is 0 Å². The fourth-order valence-electron chi connectivity index (χ4n) is 3.17. The van der Waals surface area contributed by atoms with Crippen molar-refractivity contribution in [2.24, 2.45) is 5.10 Å². The number of para-hydroxylation sites is 2. The van der Waals surface area contributed by atoms with Gasteiger partial charge in [0.15, 0.2) is 0 Å². The highest BCUT2D eigenvalue weighted by molar-refractivity contribution is 8.22.